The van der Waals surface area contributed by atoms with Gasteiger partial charge in [0.2, 0.25) is 5.91 Å². The van der Waals surface area contributed by atoms with Crippen LogP contribution in [0.25, 0.3) is 0 Å². The van der Waals surface area contributed by atoms with Crippen molar-refractivity contribution in [3.05, 3.63) is 59.7 Å². The number of carbonyl (C=O) groups is 1. The van der Waals surface area contributed by atoms with Crippen molar-refractivity contribution in [2.75, 3.05) is 6.54 Å². The zero-order valence-electron chi connectivity index (χ0n) is 13.7. The summed E-state index contributed by atoms with van der Waals surface area (Å²) < 4.78 is 5.96. The highest BCUT2D eigenvalue weighted by atomic mass is 16.5. The van der Waals surface area contributed by atoms with Crippen LogP contribution in [0, 0.1) is 6.92 Å². The first kappa shape index (κ1) is 16.5. The first-order valence-corrected chi connectivity index (χ1v) is 8.13. The van der Waals surface area contributed by atoms with E-state index in [1.54, 1.807) is 0 Å². The number of para-hydroxylation sites is 1. The number of nitrogens with one attached hydrogen (secondary N) is 2. The van der Waals surface area contributed by atoms with Crippen molar-refractivity contribution in [2.45, 2.75) is 32.0 Å². The number of carbonyl (C=O) groups excluding carboxylic acids is 1. The normalized spacial score (nSPS) is 19.9. The Hall–Kier alpha value is -2.37. The molecule has 126 valence electrons. The van der Waals surface area contributed by atoms with Crippen LogP contribution in [0.5, 0.6) is 11.5 Å². The van der Waals surface area contributed by atoms with Gasteiger partial charge in [0, 0.05) is 18.7 Å². The van der Waals surface area contributed by atoms with Crippen LogP contribution in [0.2, 0.25) is 0 Å². The number of aliphatic hydroxyl groups excluding tert-OH is 1. The largest absolute Gasteiger partial charge is 0.457 e. The van der Waals surface area contributed by atoms with Crippen LogP contribution in [-0.4, -0.2) is 29.7 Å². The van der Waals surface area contributed by atoms with E-state index in [1.165, 1.54) is 0 Å². The van der Waals surface area contributed by atoms with Crippen LogP contribution >= 0.6 is 0 Å². The molecule has 0 aromatic heterocycles. The van der Waals surface area contributed by atoms with E-state index in [0.29, 0.717) is 19.5 Å². The highest BCUT2D eigenvalue weighted by molar-refractivity contribution is 5.82. The molecule has 2 unspecified atom stereocenters. The van der Waals surface area contributed by atoms with Crippen molar-refractivity contribution >= 4 is 5.91 Å². The minimum absolute atomic E-state index is 0.100. The lowest BCUT2D eigenvalue weighted by atomic mass is 10.1. The Morgan fingerprint density at radius 2 is 2.12 bits per heavy atom. The van der Waals surface area contributed by atoms with E-state index >= 15 is 0 Å². The molecule has 0 bridgehead atoms. The lowest BCUT2D eigenvalue weighted by Crippen LogP contribution is -2.40. The molecule has 0 radical (unpaired) electrons. The van der Waals surface area contributed by atoms with Crippen LogP contribution in [0.1, 0.15) is 17.5 Å². The Balaban J connectivity index is 1.65. The summed E-state index contributed by atoms with van der Waals surface area (Å²) in [7, 11) is 0. The lowest BCUT2D eigenvalue weighted by molar-refractivity contribution is -0.123. The first-order chi connectivity index (χ1) is 11.6. The Bertz CT molecular complexity index is 717. The molecule has 0 aliphatic carbocycles. The van der Waals surface area contributed by atoms with Gasteiger partial charge in [-0.25, -0.2) is 0 Å². The fourth-order valence-corrected chi connectivity index (χ4v) is 2.78. The highest BCUT2D eigenvalue weighted by Crippen LogP contribution is 2.25. The van der Waals surface area contributed by atoms with Crippen molar-refractivity contribution in [3.8, 4) is 11.5 Å². The molecule has 2 atom stereocenters. The molecule has 0 saturated carbocycles. The molecule has 24 heavy (non-hydrogen) atoms. The van der Waals surface area contributed by atoms with Gasteiger partial charge in [0.05, 0.1) is 12.1 Å². The van der Waals surface area contributed by atoms with Gasteiger partial charge in [-0.1, -0.05) is 30.3 Å². The molecule has 1 heterocycles. The van der Waals surface area contributed by atoms with Crippen LogP contribution < -0.4 is 15.4 Å². The molecule has 5 heteroatoms. The Morgan fingerprint density at radius 3 is 2.88 bits per heavy atom. The average molecular weight is 326 g/mol. The van der Waals surface area contributed by atoms with E-state index in [2.05, 4.69) is 10.6 Å². The number of aryl methyl sites for hydroxylation is 1. The zero-order valence-corrected chi connectivity index (χ0v) is 13.7. The Morgan fingerprint density at radius 1 is 1.29 bits per heavy atom. The van der Waals surface area contributed by atoms with Gasteiger partial charge in [-0.3, -0.25) is 4.79 Å². The average Bonchev–Trinajstić information content (AvgIpc) is 3.00. The van der Waals surface area contributed by atoms with E-state index in [4.69, 9.17) is 4.74 Å². The number of amides is 1. The first-order valence-electron chi connectivity index (χ1n) is 8.13. The fraction of sp³-hybridized carbons (Fsp3) is 0.316. The molecule has 1 aliphatic heterocycles. The molecule has 2 aromatic carbocycles. The monoisotopic (exact) mass is 326 g/mol. The van der Waals surface area contributed by atoms with Gasteiger partial charge in [0.15, 0.2) is 0 Å². The SMILES string of the molecule is Cc1cccc(Oc2ccccc2CNC(=O)C2CC(O)CN2)c1. The molecular weight excluding hydrogens is 304 g/mol. The number of hydrogen-bond donors (Lipinski definition) is 3. The van der Waals surface area contributed by atoms with E-state index in [0.717, 1.165) is 22.6 Å². The van der Waals surface area contributed by atoms with Gasteiger partial charge < -0.3 is 20.5 Å². The number of benzene rings is 2. The maximum absolute atomic E-state index is 12.2. The molecule has 0 spiro atoms. The molecule has 1 saturated heterocycles. The number of rotatable bonds is 5. The van der Waals surface area contributed by atoms with Crippen molar-refractivity contribution < 1.29 is 14.6 Å². The van der Waals surface area contributed by atoms with Gasteiger partial charge in [-0.15, -0.1) is 0 Å². The van der Waals surface area contributed by atoms with Crippen LogP contribution in [0.3, 0.4) is 0 Å². The van der Waals surface area contributed by atoms with Crippen molar-refractivity contribution in [1.29, 1.82) is 0 Å². The standard InChI is InChI=1S/C19H22N2O3/c1-13-5-4-7-16(9-13)24-18-8-3-2-6-14(18)11-21-19(23)17-10-15(22)12-20-17/h2-9,15,17,20,22H,10-12H2,1H3,(H,21,23). The van der Waals surface area contributed by atoms with E-state index in [-0.39, 0.29) is 11.9 Å². The summed E-state index contributed by atoms with van der Waals surface area (Å²) in [6.45, 7) is 2.86. The predicted molar refractivity (Wildman–Crippen MR) is 92.0 cm³/mol. The third-order valence-corrected chi connectivity index (χ3v) is 4.07. The third kappa shape index (κ3) is 4.13. The highest BCUT2D eigenvalue weighted by Gasteiger charge is 2.27. The summed E-state index contributed by atoms with van der Waals surface area (Å²) in [5, 5.41) is 15.4. The number of ether oxygens (including phenoxy) is 1. The molecule has 3 N–H and O–H groups in total. The summed E-state index contributed by atoms with van der Waals surface area (Å²) in [4.78, 5) is 12.2. The van der Waals surface area contributed by atoms with Crippen molar-refractivity contribution in [1.82, 2.24) is 10.6 Å². The number of aliphatic hydroxyl groups is 1. The molecule has 2 aromatic rings. The predicted octanol–water partition coefficient (Wildman–Crippen LogP) is 2.13. The number of hydrogen-bond acceptors (Lipinski definition) is 4. The third-order valence-electron chi connectivity index (χ3n) is 4.07. The molecule has 5 nitrogen and oxygen atoms in total. The number of β-amino-alcohol motifs (C(OH)–C–C–N with tert-alkyl or cyclic N) is 1. The lowest BCUT2D eigenvalue weighted by Gasteiger charge is -2.14. The molecule has 3 rings (SSSR count). The Kier molecular flexibility index (Phi) is 5.13. The van der Waals surface area contributed by atoms with E-state index in [9.17, 15) is 9.90 Å². The van der Waals surface area contributed by atoms with Gasteiger partial charge in [0.1, 0.15) is 11.5 Å². The fourth-order valence-electron chi connectivity index (χ4n) is 2.78. The summed E-state index contributed by atoms with van der Waals surface area (Å²) in [5.41, 5.74) is 2.04. The van der Waals surface area contributed by atoms with Crippen molar-refractivity contribution in [3.63, 3.8) is 0 Å². The summed E-state index contributed by atoms with van der Waals surface area (Å²) in [6, 6.07) is 15.2. The molecule has 1 amide bonds. The second-order valence-corrected chi connectivity index (χ2v) is 6.09. The summed E-state index contributed by atoms with van der Waals surface area (Å²) in [5.74, 6) is 1.40. The van der Waals surface area contributed by atoms with Gasteiger partial charge in [0.25, 0.3) is 0 Å². The van der Waals surface area contributed by atoms with Crippen LogP contribution in [-0.2, 0) is 11.3 Å². The van der Waals surface area contributed by atoms with Gasteiger partial charge >= 0.3 is 0 Å². The molecule has 1 fully saturated rings. The van der Waals surface area contributed by atoms with Crippen LogP contribution in [0.15, 0.2) is 48.5 Å². The quantitative estimate of drug-likeness (QED) is 0.787. The van der Waals surface area contributed by atoms with E-state index < -0.39 is 6.10 Å². The van der Waals surface area contributed by atoms with Crippen LogP contribution in [0.4, 0.5) is 0 Å². The Labute approximate surface area is 141 Å². The second kappa shape index (κ2) is 7.47. The summed E-state index contributed by atoms with van der Waals surface area (Å²) >= 11 is 0. The second-order valence-electron chi connectivity index (χ2n) is 6.09. The van der Waals surface area contributed by atoms with Crippen molar-refractivity contribution in [2.24, 2.45) is 0 Å². The maximum Gasteiger partial charge on any atom is 0.237 e. The van der Waals surface area contributed by atoms with Gasteiger partial charge in [-0.05, 0) is 37.1 Å². The molecule has 1 aliphatic rings. The van der Waals surface area contributed by atoms with E-state index in [1.807, 2.05) is 55.5 Å². The van der Waals surface area contributed by atoms with Gasteiger partial charge in [-0.2, -0.15) is 0 Å². The molecular formula is C19H22N2O3. The minimum Gasteiger partial charge on any atom is -0.457 e. The minimum atomic E-state index is -0.447. The maximum atomic E-state index is 12.2. The summed E-state index contributed by atoms with van der Waals surface area (Å²) in [6.07, 6.45) is 0.00508. The zero-order chi connectivity index (χ0) is 16.9. The smallest absolute Gasteiger partial charge is 0.237 e. The topological polar surface area (TPSA) is 70.6 Å².